The standard InChI is InChI=1S/C23H33N3O3/c27-21(24-11-12-25-13-15-29-16-14-25)20-17-26(18-23(20)9-5-2-6-10-23)22(28)19-7-3-1-4-8-19/h1,3-4,7-8,20H,2,5-6,9-18H2,(H,24,27)/t20-/m0/s1. The molecule has 3 fully saturated rings. The highest BCUT2D eigenvalue weighted by molar-refractivity contribution is 5.95. The van der Waals surface area contributed by atoms with Crippen LogP contribution in [0.1, 0.15) is 42.5 Å². The minimum Gasteiger partial charge on any atom is -0.379 e. The predicted molar refractivity (Wildman–Crippen MR) is 112 cm³/mol. The normalized spacial score (nSPS) is 24.6. The van der Waals surface area contributed by atoms with Crippen molar-refractivity contribution in [3.8, 4) is 0 Å². The Balaban J connectivity index is 1.40. The summed E-state index contributed by atoms with van der Waals surface area (Å²) in [5.74, 6) is 0.0860. The molecule has 6 nitrogen and oxygen atoms in total. The Hall–Kier alpha value is -1.92. The Bertz CT molecular complexity index is 697. The molecule has 2 amide bonds. The van der Waals surface area contributed by atoms with Crippen LogP contribution < -0.4 is 5.32 Å². The zero-order valence-corrected chi connectivity index (χ0v) is 17.3. The Kier molecular flexibility index (Phi) is 6.50. The Morgan fingerprint density at radius 2 is 1.79 bits per heavy atom. The lowest BCUT2D eigenvalue weighted by Crippen LogP contribution is -2.46. The average molecular weight is 400 g/mol. The van der Waals surface area contributed by atoms with E-state index in [4.69, 9.17) is 4.74 Å². The fourth-order valence-corrected chi connectivity index (χ4v) is 5.30. The molecule has 1 aliphatic carbocycles. The molecule has 1 spiro atoms. The van der Waals surface area contributed by atoms with Crippen LogP contribution in [0.25, 0.3) is 0 Å². The van der Waals surface area contributed by atoms with Crippen molar-refractivity contribution in [2.75, 3.05) is 52.5 Å². The highest BCUT2D eigenvalue weighted by Crippen LogP contribution is 2.47. The maximum Gasteiger partial charge on any atom is 0.253 e. The van der Waals surface area contributed by atoms with E-state index < -0.39 is 0 Å². The molecule has 0 unspecified atom stereocenters. The van der Waals surface area contributed by atoms with Gasteiger partial charge in [-0.15, -0.1) is 0 Å². The summed E-state index contributed by atoms with van der Waals surface area (Å²) in [5.41, 5.74) is 0.665. The van der Waals surface area contributed by atoms with Crippen LogP contribution in [0, 0.1) is 11.3 Å². The number of benzene rings is 1. The van der Waals surface area contributed by atoms with E-state index >= 15 is 0 Å². The molecule has 1 atom stereocenters. The van der Waals surface area contributed by atoms with Gasteiger partial charge in [0.2, 0.25) is 5.91 Å². The molecule has 2 heterocycles. The van der Waals surface area contributed by atoms with Gasteiger partial charge in [0.15, 0.2) is 0 Å². The monoisotopic (exact) mass is 399 g/mol. The summed E-state index contributed by atoms with van der Waals surface area (Å²) in [5, 5.41) is 3.18. The molecular weight excluding hydrogens is 366 g/mol. The first-order chi connectivity index (χ1) is 14.2. The number of ether oxygens (including phenoxy) is 1. The molecule has 2 aliphatic heterocycles. The van der Waals surface area contributed by atoms with Crippen molar-refractivity contribution in [1.82, 2.24) is 15.1 Å². The summed E-state index contributed by atoms with van der Waals surface area (Å²) in [6.07, 6.45) is 5.65. The average Bonchev–Trinajstić information content (AvgIpc) is 3.13. The van der Waals surface area contributed by atoms with Crippen LogP contribution in [-0.2, 0) is 9.53 Å². The predicted octanol–water partition coefficient (Wildman–Crippen LogP) is 2.16. The number of carbonyl (C=O) groups excluding carboxylic acids is 2. The van der Waals surface area contributed by atoms with Gasteiger partial charge in [-0.25, -0.2) is 0 Å². The first-order valence-electron chi connectivity index (χ1n) is 11.1. The molecule has 1 aromatic rings. The second-order valence-electron chi connectivity index (χ2n) is 8.77. The van der Waals surface area contributed by atoms with Crippen molar-refractivity contribution >= 4 is 11.8 Å². The van der Waals surface area contributed by atoms with Gasteiger partial charge in [-0.2, -0.15) is 0 Å². The van der Waals surface area contributed by atoms with Crippen LogP contribution >= 0.6 is 0 Å². The molecule has 1 N–H and O–H groups in total. The second-order valence-corrected chi connectivity index (χ2v) is 8.77. The zero-order valence-electron chi connectivity index (χ0n) is 17.3. The number of rotatable bonds is 5. The number of amides is 2. The molecule has 2 saturated heterocycles. The fourth-order valence-electron chi connectivity index (χ4n) is 5.30. The molecular formula is C23H33N3O3. The van der Waals surface area contributed by atoms with Crippen LogP contribution in [-0.4, -0.2) is 74.1 Å². The largest absolute Gasteiger partial charge is 0.379 e. The lowest BCUT2D eigenvalue weighted by molar-refractivity contribution is -0.128. The van der Waals surface area contributed by atoms with Gasteiger partial charge in [0, 0.05) is 50.2 Å². The topological polar surface area (TPSA) is 61.9 Å². The zero-order chi connectivity index (χ0) is 20.1. The van der Waals surface area contributed by atoms with Crippen LogP contribution in [0.15, 0.2) is 30.3 Å². The van der Waals surface area contributed by atoms with Gasteiger partial charge in [0.25, 0.3) is 5.91 Å². The quantitative estimate of drug-likeness (QED) is 0.824. The molecule has 4 rings (SSSR count). The van der Waals surface area contributed by atoms with E-state index in [-0.39, 0.29) is 23.1 Å². The number of likely N-dealkylation sites (tertiary alicyclic amines) is 1. The molecule has 0 radical (unpaired) electrons. The van der Waals surface area contributed by atoms with Crippen molar-refractivity contribution in [3.05, 3.63) is 35.9 Å². The molecule has 0 bridgehead atoms. The minimum atomic E-state index is -0.0971. The van der Waals surface area contributed by atoms with E-state index in [9.17, 15) is 9.59 Å². The summed E-state index contributed by atoms with van der Waals surface area (Å²) in [4.78, 5) is 30.5. The van der Waals surface area contributed by atoms with Gasteiger partial charge in [-0.3, -0.25) is 14.5 Å². The summed E-state index contributed by atoms with van der Waals surface area (Å²) in [6.45, 7) is 6.19. The van der Waals surface area contributed by atoms with E-state index in [1.807, 2.05) is 35.2 Å². The number of hydrogen-bond acceptors (Lipinski definition) is 4. The van der Waals surface area contributed by atoms with Gasteiger partial charge in [-0.1, -0.05) is 37.5 Å². The van der Waals surface area contributed by atoms with Gasteiger partial charge in [0.05, 0.1) is 19.1 Å². The van der Waals surface area contributed by atoms with E-state index in [1.165, 1.54) is 6.42 Å². The van der Waals surface area contributed by atoms with E-state index in [1.54, 1.807) is 0 Å². The summed E-state index contributed by atoms with van der Waals surface area (Å²) < 4.78 is 5.39. The molecule has 158 valence electrons. The van der Waals surface area contributed by atoms with Crippen LogP contribution in [0.4, 0.5) is 0 Å². The molecule has 1 aromatic carbocycles. The van der Waals surface area contributed by atoms with Gasteiger partial charge in [-0.05, 0) is 25.0 Å². The highest BCUT2D eigenvalue weighted by Gasteiger charge is 2.51. The fraction of sp³-hybridized carbons (Fsp3) is 0.652. The molecule has 3 aliphatic rings. The van der Waals surface area contributed by atoms with E-state index in [0.29, 0.717) is 25.2 Å². The summed E-state index contributed by atoms with van der Waals surface area (Å²) in [6, 6.07) is 9.45. The van der Waals surface area contributed by atoms with E-state index in [2.05, 4.69) is 10.2 Å². The van der Waals surface area contributed by atoms with Crippen molar-refractivity contribution in [1.29, 1.82) is 0 Å². The van der Waals surface area contributed by atoms with Crippen LogP contribution in [0.5, 0.6) is 0 Å². The lowest BCUT2D eigenvalue weighted by Gasteiger charge is -2.37. The minimum absolute atomic E-state index is 0.0499. The lowest BCUT2D eigenvalue weighted by atomic mass is 9.67. The first-order valence-corrected chi connectivity index (χ1v) is 11.1. The SMILES string of the molecule is O=C(NCCN1CCOCC1)[C@@H]1CN(C(=O)c2ccccc2)CC12CCCCC2. The van der Waals surface area contributed by atoms with Crippen molar-refractivity contribution < 1.29 is 14.3 Å². The smallest absolute Gasteiger partial charge is 0.253 e. The highest BCUT2D eigenvalue weighted by atomic mass is 16.5. The van der Waals surface area contributed by atoms with Crippen molar-refractivity contribution in [2.24, 2.45) is 11.3 Å². The number of nitrogens with zero attached hydrogens (tertiary/aromatic N) is 2. The van der Waals surface area contributed by atoms with Gasteiger partial charge < -0.3 is 15.0 Å². The molecule has 0 aromatic heterocycles. The molecule has 1 saturated carbocycles. The number of hydrogen-bond donors (Lipinski definition) is 1. The number of carbonyl (C=O) groups is 2. The Labute approximate surface area is 173 Å². The Morgan fingerprint density at radius 3 is 2.52 bits per heavy atom. The first kappa shape index (κ1) is 20.4. The van der Waals surface area contributed by atoms with E-state index in [0.717, 1.165) is 58.5 Å². The van der Waals surface area contributed by atoms with Gasteiger partial charge >= 0.3 is 0 Å². The third-order valence-electron chi connectivity index (χ3n) is 6.95. The molecule has 29 heavy (non-hydrogen) atoms. The van der Waals surface area contributed by atoms with Crippen molar-refractivity contribution in [3.63, 3.8) is 0 Å². The number of morpholine rings is 1. The third-order valence-corrected chi connectivity index (χ3v) is 6.95. The number of nitrogens with one attached hydrogen (secondary N) is 1. The maximum absolute atomic E-state index is 13.2. The maximum atomic E-state index is 13.2. The van der Waals surface area contributed by atoms with Crippen LogP contribution in [0.2, 0.25) is 0 Å². The van der Waals surface area contributed by atoms with Crippen molar-refractivity contribution in [2.45, 2.75) is 32.1 Å². The molecule has 6 heteroatoms. The van der Waals surface area contributed by atoms with Gasteiger partial charge in [0.1, 0.15) is 0 Å². The summed E-state index contributed by atoms with van der Waals surface area (Å²) >= 11 is 0. The summed E-state index contributed by atoms with van der Waals surface area (Å²) in [7, 11) is 0. The second kappa shape index (κ2) is 9.26. The Morgan fingerprint density at radius 1 is 1.07 bits per heavy atom. The van der Waals surface area contributed by atoms with Crippen LogP contribution in [0.3, 0.4) is 0 Å². The third kappa shape index (κ3) is 4.64.